The molecule has 0 spiro atoms. The zero-order valence-corrected chi connectivity index (χ0v) is 17.6. The van der Waals surface area contributed by atoms with Gasteiger partial charge in [0.1, 0.15) is 0 Å². The minimum absolute atomic E-state index is 0.181. The van der Waals surface area contributed by atoms with Crippen molar-refractivity contribution in [3.8, 4) is 11.5 Å². The Kier molecular flexibility index (Phi) is 7.18. The van der Waals surface area contributed by atoms with Crippen LogP contribution in [0.3, 0.4) is 0 Å². The fourth-order valence-corrected chi connectivity index (χ4v) is 4.18. The number of carbonyl (C=O) groups excluding carboxylic acids is 1. The Bertz CT molecular complexity index is 652. The van der Waals surface area contributed by atoms with Crippen molar-refractivity contribution in [2.75, 3.05) is 47.1 Å². The molecule has 1 amide bonds. The molecule has 0 aliphatic carbocycles. The van der Waals surface area contributed by atoms with E-state index in [1.165, 1.54) is 0 Å². The van der Waals surface area contributed by atoms with Crippen molar-refractivity contribution in [2.45, 2.75) is 45.2 Å². The second-order valence-corrected chi connectivity index (χ2v) is 8.25. The molecule has 6 nitrogen and oxygen atoms in total. The van der Waals surface area contributed by atoms with Gasteiger partial charge in [0.05, 0.1) is 20.6 Å². The summed E-state index contributed by atoms with van der Waals surface area (Å²) >= 11 is 0. The topological polar surface area (TPSA) is 51.2 Å². The van der Waals surface area contributed by atoms with Crippen LogP contribution < -0.4 is 9.47 Å². The highest BCUT2D eigenvalue weighted by Crippen LogP contribution is 2.29. The van der Waals surface area contributed by atoms with Crippen LogP contribution >= 0.6 is 0 Å². The molecule has 2 aliphatic rings. The molecule has 2 heterocycles. The third-order valence-electron chi connectivity index (χ3n) is 5.72. The number of likely N-dealkylation sites (tertiary alicyclic amines) is 1. The first kappa shape index (κ1) is 20.9. The van der Waals surface area contributed by atoms with Crippen LogP contribution in [-0.4, -0.2) is 74.9 Å². The molecule has 0 saturated carbocycles. The number of rotatable bonds is 8. The van der Waals surface area contributed by atoms with Crippen LogP contribution in [0.4, 0.5) is 0 Å². The first-order valence-electron chi connectivity index (χ1n) is 10.3. The maximum Gasteiger partial charge on any atom is 0.227 e. The lowest BCUT2D eigenvalue weighted by atomic mass is 9.97. The van der Waals surface area contributed by atoms with Crippen molar-refractivity contribution in [3.05, 3.63) is 23.8 Å². The summed E-state index contributed by atoms with van der Waals surface area (Å²) in [7, 11) is 3.23. The van der Waals surface area contributed by atoms with Crippen LogP contribution in [-0.2, 0) is 16.0 Å². The fourth-order valence-electron chi connectivity index (χ4n) is 4.18. The van der Waals surface area contributed by atoms with Crippen molar-refractivity contribution in [2.24, 2.45) is 5.92 Å². The summed E-state index contributed by atoms with van der Waals surface area (Å²) in [4.78, 5) is 17.3. The van der Waals surface area contributed by atoms with E-state index in [0.717, 1.165) is 51.3 Å². The molecule has 0 radical (unpaired) electrons. The standard InChI is InChI=1S/C22H34N2O4/c1-16(2)13-24(18-7-9-28-10-8-18)19-14-23(15-19)22(25)12-17-5-6-20(26-3)21(11-17)27-4/h5-6,11,16,18-19H,7-10,12-15H2,1-4H3. The van der Waals surface area contributed by atoms with Gasteiger partial charge in [-0.25, -0.2) is 0 Å². The Labute approximate surface area is 168 Å². The normalized spacial score (nSPS) is 18.4. The molecule has 0 aromatic heterocycles. The molecule has 0 atom stereocenters. The van der Waals surface area contributed by atoms with Gasteiger partial charge in [-0.05, 0) is 36.5 Å². The van der Waals surface area contributed by atoms with Crippen LogP contribution in [0, 0.1) is 5.92 Å². The number of methoxy groups -OCH3 is 2. The number of benzene rings is 1. The quantitative estimate of drug-likeness (QED) is 0.683. The third-order valence-corrected chi connectivity index (χ3v) is 5.72. The SMILES string of the molecule is COc1ccc(CC(=O)N2CC(N(CC(C)C)C3CCOCC3)C2)cc1OC. The molecular formula is C22H34N2O4. The predicted octanol–water partition coefficient (Wildman–Crippen LogP) is 2.59. The second-order valence-electron chi connectivity index (χ2n) is 8.25. The Morgan fingerprint density at radius 3 is 2.43 bits per heavy atom. The zero-order chi connectivity index (χ0) is 20.1. The van der Waals surface area contributed by atoms with Crippen molar-refractivity contribution >= 4 is 5.91 Å². The van der Waals surface area contributed by atoms with Gasteiger partial charge in [-0.3, -0.25) is 9.69 Å². The maximum absolute atomic E-state index is 12.7. The largest absolute Gasteiger partial charge is 0.493 e. The van der Waals surface area contributed by atoms with Crippen LogP contribution in [0.15, 0.2) is 18.2 Å². The van der Waals surface area contributed by atoms with Gasteiger partial charge in [-0.15, -0.1) is 0 Å². The van der Waals surface area contributed by atoms with E-state index in [0.29, 0.717) is 35.9 Å². The molecule has 156 valence electrons. The van der Waals surface area contributed by atoms with E-state index in [2.05, 4.69) is 18.7 Å². The van der Waals surface area contributed by atoms with Crippen molar-refractivity contribution in [1.29, 1.82) is 0 Å². The second kappa shape index (κ2) is 9.61. The molecule has 2 aliphatic heterocycles. The zero-order valence-electron chi connectivity index (χ0n) is 17.6. The molecule has 2 saturated heterocycles. The number of carbonyl (C=O) groups is 1. The number of hydrogen-bond donors (Lipinski definition) is 0. The molecular weight excluding hydrogens is 356 g/mol. The minimum Gasteiger partial charge on any atom is -0.493 e. The Morgan fingerprint density at radius 2 is 1.82 bits per heavy atom. The predicted molar refractivity (Wildman–Crippen MR) is 109 cm³/mol. The van der Waals surface area contributed by atoms with E-state index >= 15 is 0 Å². The first-order chi connectivity index (χ1) is 13.5. The van der Waals surface area contributed by atoms with E-state index < -0.39 is 0 Å². The van der Waals surface area contributed by atoms with Gasteiger partial charge in [0, 0.05) is 44.9 Å². The summed E-state index contributed by atoms with van der Waals surface area (Å²) in [6, 6.07) is 6.74. The lowest BCUT2D eigenvalue weighted by molar-refractivity contribution is -0.139. The van der Waals surface area contributed by atoms with Crippen LogP contribution in [0.1, 0.15) is 32.3 Å². The van der Waals surface area contributed by atoms with Gasteiger partial charge in [-0.1, -0.05) is 19.9 Å². The van der Waals surface area contributed by atoms with Gasteiger partial charge >= 0.3 is 0 Å². The number of hydrogen-bond acceptors (Lipinski definition) is 5. The number of nitrogens with zero attached hydrogens (tertiary/aromatic N) is 2. The number of amides is 1. The Balaban J connectivity index is 1.56. The molecule has 2 fully saturated rings. The molecule has 3 rings (SSSR count). The highest BCUT2D eigenvalue weighted by molar-refractivity contribution is 5.80. The summed E-state index contributed by atoms with van der Waals surface area (Å²) in [5.41, 5.74) is 0.953. The molecule has 0 unspecified atom stereocenters. The lowest BCUT2D eigenvalue weighted by Gasteiger charge is -2.49. The Hall–Kier alpha value is -1.79. The fraction of sp³-hybridized carbons (Fsp3) is 0.682. The molecule has 28 heavy (non-hydrogen) atoms. The van der Waals surface area contributed by atoms with Crippen LogP contribution in [0.25, 0.3) is 0 Å². The average molecular weight is 391 g/mol. The minimum atomic E-state index is 0.181. The first-order valence-corrected chi connectivity index (χ1v) is 10.3. The molecule has 6 heteroatoms. The molecule has 1 aromatic carbocycles. The summed E-state index contributed by atoms with van der Waals surface area (Å²) in [5.74, 6) is 2.15. The summed E-state index contributed by atoms with van der Waals surface area (Å²) < 4.78 is 16.2. The van der Waals surface area contributed by atoms with E-state index in [4.69, 9.17) is 14.2 Å². The summed E-state index contributed by atoms with van der Waals surface area (Å²) in [5, 5.41) is 0. The van der Waals surface area contributed by atoms with Gasteiger partial charge in [-0.2, -0.15) is 0 Å². The molecule has 1 aromatic rings. The monoisotopic (exact) mass is 390 g/mol. The van der Waals surface area contributed by atoms with E-state index in [9.17, 15) is 4.79 Å². The van der Waals surface area contributed by atoms with Gasteiger partial charge in [0.25, 0.3) is 0 Å². The number of ether oxygens (including phenoxy) is 3. The smallest absolute Gasteiger partial charge is 0.227 e. The summed E-state index contributed by atoms with van der Waals surface area (Å²) in [6.07, 6.45) is 2.60. The highest BCUT2D eigenvalue weighted by atomic mass is 16.5. The third kappa shape index (κ3) is 4.97. The van der Waals surface area contributed by atoms with Crippen LogP contribution in [0.2, 0.25) is 0 Å². The van der Waals surface area contributed by atoms with Crippen molar-refractivity contribution < 1.29 is 19.0 Å². The van der Waals surface area contributed by atoms with E-state index in [1.54, 1.807) is 14.2 Å². The van der Waals surface area contributed by atoms with Crippen LogP contribution in [0.5, 0.6) is 11.5 Å². The van der Waals surface area contributed by atoms with E-state index in [-0.39, 0.29) is 5.91 Å². The van der Waals surface area contributed by atoms with Gasteiger partial charge in [0.15, 0.2) is 11.5 Å². The molecule has 0 N–H and O–H groups in total. The van der Waals surface area contributed by atoms with E-state index in [1.807, 2.05) is 23.1 Å². The van der Waals surface area contributed by atoms with Crippen molar-refractivity contribution in [3.63, 3.8) is 0 Å². The highest BCUT2D eigenvalue weighted by Gasteiger charge is 2.38. The maximum atomic E-state index is 12.7. The summed E-state index contributed by atoms with van der Waals surface area (Å²) in [6.45, 7) is 9.00. The molecule has 0 bridgehead atoms. The Morgan fingerprint density at radius 1 is 1.14 bits per heavy atom. The van der Waals surface area contributed by atoms with Gasteiger partial charge < -0.3 is 19.1 Å². The lowest BCUT2D eigenvalue weighted by Crippen LogP contribution is -2.64. The van der Waals surface area contributed by atoms with Crippen molar-refractivity contribution in [1.82, 2.24) is 9.80 Å². The average Bonchev–Trinajstić information content (AvgIpc) is 2.66. The van der Waals surface area contributed by atoms with Gasteiger partial charge in [0.2, 0.25) is 5.91 Å².